The number of anilines is 1. The van der Waals surface area contributed by atoms with Gasteiger partial charge in [0, 0.05) is 39.3 Å². The van der Waals surface area contributed by atoms with E-state index in [9.17, 15) is 4.79 Å². The Kier molecular flexibility index (Phi) is 5.57. The van der Waals surface area contributed by atoms with Gasteiger partial charge in [0.25, 0.3) is 5.91 Å². The number of hydrogen-bond donors (Lipinski definition) is 1. The summed E-state index contributed by atoms with van der Waals surface area (Å²) in [6.07, 6.45) is 4.19. The number of rotatable bonds is 6. The van der Waals surface area contributed by atoms with Gasteiger partial charge in [-0.25, -0.2) is 9.97 Å². The maximum absolute atomic E-state index is 12.7. The zero-order valence-corrected chi connectivity index (χ0v) is 16.1. The van der Waals surface area contributed by atoms with Crippen LogP contribution in [0.3, 0.4) is 0 Å². The maximum atomic E-state index is 12.7. The fourth-order valence-corrected chi connectivity index (χ4v) is 3.35. The van der Waals surface area contributed by atoms with Crippen molar-refractivity contribution in [2.45, 2.75) is 19.9 Å². The van der Waals surface area contributed by atoms with Crippen molar-refractivity contribution in [3.05, 3.63) is 41.9 Å². The standard InChI is InChI=1S/C20H25N5O3/c1-2-5-21-19-12-22-16(11-23-19)20(26)25-8-6-24(7-9-25)13-15-3-4-17-18(10-15)28-14-27-17/h3-4,10-12H,2,5-9,13-14H2,1H3,(H,21,23). The third-order valence-electron chi connectivity index (χ3n) is 4.93. The van der Waals surface area contributed by atoms with Gasteiger partial charge in [0.2, 0.25) is 6.79 Å². The first-order chi connectivity index (χ1) is 13.7. The molecule has 2 aliphatic rings. The van der Waals surface area contributed by atoms with Gasteiger partial charge in [-0.1, -0.05) is 13.0 Å². The number of ether oxygens (including phenoxy) is 2. The highest BCUT2D eigenvalue weighted by molar-refractivity contribution is 5.92. The van der Waals surface area contributed by atoms with E-state index >= 15 is 0 Å². The van der Waals surface area contributed by atoms with E-state index in [1.807, 2.05) is 17.0 Å². The molecule has 8 nitrogen and oxygen atoms in total. The molecule has 2 aliphatic heterocycles. The van der Waals surface area contributed by atoms with Crippen LogP contribution >= 0.6 is 0 Å². The van der Waals surface area contributed by atoms with Crippen molar-refractivity contribution in [2.75, 3.05) is 44.8 Å². The van der Waals surface area contributed by atoms with Crippen molar-refractivity contribution in [3.8, 4) is 11.5 Å². The Morgan fingerprint density at radius 3 is 2.68 bits per heavy atom. The largest absolute Gasteiger partial charge is 0.454 e. The van der Waals surface area contributed by atoms with Gasteiger partial charge in [-0.2, -0.15) is 0 Å². The van der Waals surface area contributed by atoms with Gasteiger partial charge < -0.3 is 19.7 Å². The molecule has 1 N–H and O–H groups in total. The number of nitrogens with zero attached hydrogens (tertiary/aromatic N) is 4. The predicted molar refractivity (Wildman–Crippen MR) is 105 cm³/mol. The molecule has 0 aliphatic carbocycles. The lowest BCUT2D eigenvalue weighted by Crippen LogP contribution is -2.48. The van der Waals surface area contributed by atoms with Crippen LogP contribution in [-0.2, 0) is 6.54 Å². The summed E-state index contributed by atoms with van der Waals surface area (Å²) in [7, 11) is 0. The van der Waals surface area contributed by atoms with Crippen LogP contribution in [0.2, 0.25) is 0 Å². The Morgan fingerprint density at radius 1 is 1.11 bits per heavy atom. The second kappa shape index (κ2) is 8.43. The minimum Gasteiger partial charge on any atom is -0.454 e. The second-order valence-electron chi connectivity index (χ2n) is 6.97. The molecule has 2 aromatic rings. The zero-order valence-electron chi connectivity index (χ0n) is 16.1. The third-order valence-corrected chi connectivity index (χ3v) is 4.93. The number of fused-ring (bicyclic) bond motifs is 1. The van der Waals surface area contributed by atoms with Crippen LogP contribution in [0.25, 0.3) is 0 Å². The van der Waals surface area contributed by atoms with Gasteiger partial charge in [-0.15, -0.1) is 0 Å². The topological polar surface area (TPSA) is 79.8 Å². The average Bonchev–Trinajstić information content (AvgIpc) is 3.20. The van der Waals surface area contributed by atoms with E-state index in [-0.39, 0.29) is 12.7 Å². The van der Waals surface area contributed by atoms with Crippen LogP contribution in [0.15, 0.2) is 30.6 Å². The molecule has 1 fully saturated rings. The summed E-state index contributed by atoms with van der Waals surface area (Å²) in [6.45, 7) is 7.06. The maximum Gasteiger partial charge on any atom is 0.274 e. The van der Waals surface area contributed by atoms with Gasteiger partial charge in [0.05, 0.1) is 12.4 Å². The fraction of sp³-hybridized carbons (Fsp3) is 0.450. The normalized spacial score (nSPS) is 16.2. The first-order valence-corrected chi connectivity index (χ1v) is 9.69. The third kappa shape index (κ3) is 4.17. The van der Waals surface area contributed by atoms with E-state index in [1.165, 1.54) is 5.56 Å². The zero-order chi connectivity index (χ0) is 19.3. The van der Waals surface area contributed by atoms with Crippen LogP contribution in [0.5, 0.6) is 11.5 Å². The summed E-state index contributed by atoms with van der Waals surface area (Å²) in [5.74, 6) is 2.25. The van der Waals surface area contributed by atoms with Crippen molar-refractivity contribution in [1.29, 1.82) is 0 Å². The number of hydrogen-bond acceptors (Lipinski definition) is 7. The lowest BCUT2D eigenvalue weighted by Gasteiger charge is -2.34. The molecule has 0 saturated carbocycles. The van der Waals surface area contributed by atoms with Gasteiger partial charge in [-0.05, 0) is 24.1 Å². The molecule has 28 heavy (non-hydrogen) atoms. The molecular formula is C20H25N5O3. The number of piperazine rings is 1. The number of carbonyl (C=O) groups is 1. The van der Waals surface area contributed by atoms with Crippen molar-refractivity contribution in [1.82, 2.24) is 19.8 Å². The summed E-state index contributed by atoms with van der Waals surface area (Å²) < 4.78 is 10.8. The molecule has 0 radical (unpaired) electrons. The molecule has 0 bridgehead atoms. The van der Waals surface area contributed by atoms with Crippen LogP contribution in [0.4, 0.5) is 5.82 Å². The van der Waals surface area contributed by atoms with E-state index in [0.717, 1.165) is 44.1 Å². The molecule has 1 saturated heterocycles. The first kappa shape index (κ1) is 18.5. The quantitative estimate of drug-likeness (QED) is 0.817. The molecular weight excluding hydrogens is 358 g/mol. The number of nitrogens with one attached hydrogen (secondary N) is 1. The number of carbonyl (C=O) groups excluding carboxylic acids is 1. The molecule has 148 valence electrons. The molecule has 1 aromatic carbocycles. The number of aromatic nitrogens is 2. The average molecular weight is 383 g/mol. The molecule has 8 heteroatoms. The van der Waals surface area contributed by atoms with Gasteiger partial charge in [-0.3, -0.25) is 9.69 Å². The number of benzene rings is 1. The summed E-state index contributed by atoms with van der Waals surface area (Å²) in [5.41, 5.74) is 1.58. The Morgan fingerprint density at radius 2 is 1.93 bits per heavy atom. The highest BCUT2D eigenvalue weighted by atomic mass is 16.7. The monoisotopic (exact) mass is 383 g/mol. The summed E-state index contributed by atoms with van der Waals surface area (Å²) >= 11 is 0. The summed E-state index contributed by atoms with van der Waals surface area (Å²) in [4.78, 5) is 25.4. The van der Waals surface area contributed by atoms with E-state index in [2.05, 4.69) is 33.2 Å². The molecule has 0 unspecified atom stereocenters. The molecule has 0 atom stereocenters. The van der Waals surface area contributed by atoms with E-state index in [4.69, 9.17) is 9.47 Å². The van der Waals surface area contributed by atoms with Crippen LogP contribution in [0, 0.1) is 0 Å². The van der Waals surface area contributed by atoms with Crippen molar-refractivity contribution >= 4 is 11.7 Å². The van der Waals surface area contributed by atoms with Gasteiger partial charge in [0.15, 0.2) is 11.5 Å². The lowest BCUT2D eigenvalue weighted by atomic mass is 10.1. The Labute approximate surface area is 164 Å². The van der Waals surface area contributed by atoms with E-state index < -0.39 is 0 Å². The van der Waals surface area contributed by atoms with Crippen molar-refractivity contribution < 1.29 is 14.3 Å². The predicted octanol–water partition coefficient (Wildman–Crippen LogP) is 1.99. The smallest absolute Gasteiger partial charge is 0.274 e. The molecule has 0 spiro atoms. The highest BCUT2D eigenvalue weighted by Gasteiger charge is 2.23. The fourth-order valence-electron chi connectivity index (χ4n) is 3.35. The first-order valence-electron chi connectivity index (χ1n) is 9.69. The van der Waals surface area contributed by atoms with Crippen molar-refractivity contribution in [2.24, 2.45) is 0 Å². The van der Waals surface area contributed by atoms with Gasteiger partial charge in [0.1, 0.15) is 11.5 Å². The Hall–Kier alpha value is -2.87. The SMILES string of the molecule is CCCNc1cnc(C(=O)N2CCN(Cc3ccc4c(c3)OCO4)CC2)cn1. The minimum absolute atomic E-state index is 0.0581. The molecule has 4 rings (SSSR count). The lowest BCUT2D eigenvalue weighted by molar-refractivity contribution is 0.0622. The summed E-state index contributed by atoms with van der Waals surface area (Å²) in [6, 6.07) is 6.05. The van der Waals surface area contributed by atoms with E-state index in [1.54, 1.807) is 12.4 Å². The minimum atomic E-state index is -0.0581. The Balaban J connectivity index is 1.29. The summed E-state index contributed by atoms with van der Waals surface area (Å²) in [5, 5.41) is 3.16. The number of amides is 1. The second-order valence-corrected chi connectivity index (χ2v) is 6.97. The molecule has 1 aromatic heterocycles. The van der Waals surface area contributed by atoms with Crippen LogP contribution < -0.4 is 14.8 Å². The molecule has 1 amide bonds. The Bertz CT molecular complexity index is 819. The van der Waals surface area contributed by atoms with Crippen LogP contribution in [-0.4, -0.2) is 65.2 Å². The van der Waals surface area contributed by atoms with E-state index in [0.29, 0.717) is 24.6 Å². The van der Waals surface area contributed by atoms with Crippen LogP contribution in [0.1, 0.15) is 29.4 Å². The molecule has 3 heterocycles. The van der Waals surface area contributed by atoms with Crippen molar-refractivity contribution in [3.63, 3.8) is 0 Å². The highest BCUT2D eigenvalue weighted by Crippen LogP contribution is 2.32. The van der Waals surface area contributed by atoms with Gasteiger partial charge >= 0.3 is 0 Å².